The van der Waals surface area contributed by atoms with Crippen molar-refractivity contribution < 1.29 is 14.0 Å². The van der Waals surface area contributed by atoms with E-state index < -0.39 is 0 Å². The minimum Gasteiger partial charge on any atom is -0.467 e. The summed E-state index contributed by atoms with van der Waals surface area (Å²) in [7, 11) is 1.59. The molecule has 2 heterocycles. The van der Waals surface area contributed by atoms with Crippen molar-refractivity contribution in [3.8, 4) is 0 Å². The Hall–Kier alpha value is -3.12. The lowest BCUT2D eigenvalue weighted by Crippen LogP contribution is -2.27. The van der Waals surface area contributed by atoms with Gasteiger partial charge in [0, 0.05) is 23.6 Å². The molecule has 6 heteroatoms. The van der Waals surface area contributed by atoms with Crippen LogP contribution >= 0.6 is 11.3 Å². The van der Waals surface area contributed by atoms with Gasteiger partial charge in [-0.3, -0.25) is 9.59 Å². The lowest BCUT2D eigenvalue weighted by atomic mass is 10.1. The van der Waals surface area contributed by atoms with Crippen LogP contribution in [0.2, 0.25) is 0 Å². The van der Waals surface area contributed by atoms with Crippen molar-refractivity contribution in [1.82, 2.24) is 10.2 Å². The van der Waals surface area contributed by atoms with Crippen LogP contribution < -0.4 is 5.32 Å². The third-order valence-electron chi connectivity index (χ3n) is 3.98. The van der Waals surface area contributed by atoms with Crippen LogP contribution in [0.3, 0.4) is 0 Å². The Morgan fingerprint density at radius 1 is 1.11 bits per heavy atom. The van der Waals surface area contributed by atoms with Crippen LogP contribution in [0, 0.1) is 0 Å². The molecule has 2 amide bonds. The summed E-state index contributed by atoms with van der Waals surface area (Å²) < 4.78 is 5.39. The number of rotatable bonds is 7. The van der Waals surface area contributed by atoms with E-state index in [2.05, 4.69) is 5.32 Å². The number of amides is 2. The summed E-state index contributed by atoms with van der Waals surface area (Å²) in [5, 5.41) is 4.58. The Labute approximate surface area is 161 Å². The Morgan fingerprint density at radius 3 is 2.56 bits per heavy atom. The number of carbonyl (C=O) groups excluding carboxylic acids is 2. The third kappa shape index (κ3) is 5.18. The van der Waals surface area contributed by atoms with E-state index in [4.69, 9.17) is 4.42 Å². The van der Waals surface area contributed by atoms with Gasteiger partial charge in [-0.25, -0.2) is 0 Å². The molecule has 1 aromatic carbocycles. The number of furan rings is 1. The van der Waals surface area contributed by atoms with E-state index in [0.29, 0.717) is 18.7 Å². The zero-order chi connectivity index (χ0) is 19.1. The molecular formula is C21H20N2O3S. The van der Waals surface area contributed by atoms with Crippen LogP contribution in [0.15, 0.2) is 70.7 Å². The maximum absolute atomic E-state index is 12.7. The standard InChI is InChI=1S/C21H20N2O3S/c1-22-21(25)17-9-6-16(7-10-17)8-11-20(24)23(14-18-4-2-12-26-18)15-19-5-3-13-27-19/h2-13H,14-15H2,1H3,(H,22,25)/b11-8+. The van der Waals surface area contributed by atoms with Gasteiger partial charge in [0.2, 0.25) is 5.91 Å². The van der Waals surface area contributed by atoms with E-state index >= 15 is 0 Å². The molecule has 0 unspecified atom stereocenters. The summed E-state index contributed by atoms with van der Waals surface area (Å²) in [6, 6.07) is 14.7. The van der Waals surface area contributed by atoms with Gasteiger partial charge < -0.3 is 14.6 Å². The van der Waals surface area contributed by atoms with Crippen LogP contribution in [-0.4, -0.2) is 23.8 Å². The van der Waals surface area contributed by atoms with Gasteiger partial charge in [0.1, 0.15) is 5.76 Å². The summed E-state index contributed by atoms with van der Waals surface area (Å²) in [5.41, 5.74) is 1.43. The lowest BCUT2D eigenvalue weighted by molar-refractivity contribution is -0.127. The van der Waals surface area contributed by atoms with Crippen LogP contribution in [0.5, 0.6) is 0 Å². The molecule has 27 heavy (non-hydrogen) atoms. The molecule has 0 fully saturated rings. The molecule has 0 saturated carbocycles. The Morgan fingerprint density at radius 2 is 1.93 bits per heavy atom. The maximum atomic E-state index is 12.7. The molecule has 2 aromatic heterocycles. The van der Waals surface area contributed by atoms with Crippen LogP contribution in [0.4, 0.5) is 0 Å². The zero-order valence-electron chi connectivity index (χ0n) is 14.9. The van der Waals surface area contributed by atoms with E-state index in [9.17, 15) is 9.59 Å². The fourth-order valence-corrected chi connectivity index (χ4v) is 3.28. The predicted octanol–water partition coefficient (Wildman–Crippen LogP) is 3.94. The van der Waals surface area contributed by atoms with Gasteiger partial charge in [-0.2, -0.15) is 0 Å². The van der Waals surface area contributed by atoms with Gasteiger partial charge in [0.25, 0.3) is 5.91 Å². The average molecular weight is 380 g/mol. The monoisotopic (exact) mass is 380 g/mol. The minimum atomic E-state index is -0.137. The number of carbonyl (C=O) groups is 2. The van der Waals surface area contributed by atoms with E-state index in [1.165, 1.54) is 0 Å². The van der Waals surface area contributed by atoms with Gasteiger partial charge in [-0.15, -0.1) is 11.3 Å². The highest BCUT2D eigenvalue weighted by Crippen LogP contribution is 2.16. The lowest BCUT2D eigenvalue weighted by Gasteiger charge is -2.19. The van der Waals surface area contributed by atoms with E-state index in [-0.39, 0.29) is 11.8 Å². The highest BCUT2D eigenvalue weighted by Gasteiger charge is 2.14. The quantitative estimate of drug-likeness (QED) is 0.632. The number of benzene rings is 1. The van der Waals surface area contributed by atoms with Crippen molar-refractivity contribution in [1.29, 1.82) is 0 Å². The molecule has 0 atom stereocenters. The number of hydrogen-bond acceptors (Lipinski definition) is 4. The first-order valence-corrected chi connectivity index (χ1v) is 9.37. The van der Waals surface area contributed by atoms with Crippen molar-refractivity contribution in [2.75, 3.05) is 7.05 Å². The van der Waals surface area contributed by atoms with E-state index in [1.54, 1.807) is 53.8 Å². The maximum Gasteiger partial charge on any atom is 0.251 e. The van der Waals surface area contributed by atoms with Gasteiger partial charge >= 0.3 is 0 Å². The first-order valence-electron chi connectivity index (χ1n) is 8.49. The van der Waals surface area contributed by atoms with E-state index in [0.717, 1.165) is 16.2 Å². The summed E-state index contributed by atoms with van der Waals surface area (Å²) in [5.74, 6) is 0.501. The summed E-state index contributed by atoms with van der Waals surface area (Å²) in [4.78, 5) is 27.2. The van der Waals surface area contributed by atoms with Crippen LogP contribution in [0.25, 0.3) is 6.08 Å². The number of nitrogens with one attached hydrogen (secondary N) is 1. The molecule has 3 aromatic rings. The molecule has 0 radical (unpaired) electrons. The summed E-state index contributed by atoms with van der Waals surface area (Å²) in [6.07, 6.45) is 4.90. The Kier molecular flexibility index (Phi) is 6.22. The molecule has 0 saturated heterocycles. The fourth-order valence-electron chi connectivity index (χ4n) is 2.56. The van der Waals surface area contributed by atoms with Crippen molar-refractivity contribution in [2.45, 2.75) is 13.1 Å². The SMILES string of the molecule is CNC(=O)c1ccc(/C=C/C(=O)N(Cc2ccco2)Cc2cccs2)cc1. The fraction of sp³-hybridized carbons (Fsp3) is 0.143. The number of nitrogens with zero attached hydrogens (tertiary/aromatic N) is 1. The topological polar surface area (TPSA) is 62.6 Å². The van der Waals surface area contributed by atoms with Gasteiger partial charge in [0.05, 0.1) is 19.4 Å². The molecule has 0 spiro atoms. The van der Waals surface area contributed by atoms with Gasteiger partial charge in [0.15, 0.2) is 0 Å². The van der Waals surface area contributed by atoms with Crippen LogP contribution in [0.1, 0.15) is 26.6 Å². The van der Waals surface area contributed by atoms with Crippen molar-refractivity contribution in [2.24, 2.45) is 0 Å². The molecule has 3 rings (SSSR count). The molecule has 0 bridgehead atoms. The molecule has 138 valence electrons. The second-order valence-corrected chi connectivity index (χ2v) is 6.92. The van der Waals surface area contributed by atoms with E-state index in [1.807, 2.05) is 41.8 Å². The zero-order valence-corrected chi connectivity index (χ0v) is 15.7. The molecule has 1 N–H and O–H groups in total. The first-order chi connectivity index (χ1) is 13.2. The van der Waals surface area contributed by atoms with Crippen LogP contribution in [-0.2, 0) is 17.9 Å². The van der Waals surface area contributed by atoms with Crippen molar-refractivity contribution in [3.63, 3.8) is 0 Å². The second-order valence-electron chi connectivity index (χ2n) is 5.89. The molecular weight excluding hydrogens is 360 g/mol. The van der Waals surface area contributed by atoms with Gasteiger partial charge in [-0.1, -0.05) is 18.2 Å². The van der Waals surface area contributed by atoms with Crippen molar-refractivity contribution >= 4 is 29.2 Å². The summed E-state index contributed by atoms with van der Waals surface area (Å²) >= 11 is 1.62. The molecule has 0 aliphatic heterocycles. The summed E-state index contributed by atoms with van der Waals surface area (Å²) in [6.45, 7) is 0.931. The minimum absolute atomic E-state index is 0.102. The molecule has 0 aliphatic rings. The third-order valence-corrected chi connectivity index (χ3v) is 4.84. The molecule has 5 nitrogen and oxygen atoms in total. The smallest absolute Gasteiger partial charge is 0.251 e. The number of thiophene rings is 1. The Bertz CT molecular complexity index is 861. The van der Waals surface area contributed by atoms with Crippen molar-refractivity contribution in [3.05, 3.63) is 88.0 Å². The number of hydrogen-bond donors (Lipinski definition) is 1. The first kappa shape index (κ1) is 18.7. The average Bonchev–Trinajstić information content (AvgIpc) is 3.39. The highest BCUT2D eigenvalue weighted by atomic mass is 32.1. The largest absolute Gasteiger partial charge is 0.467 e. The molecule has 0 aliphatic carbocycles. The predicted molar refractivity (Wildman–Crippen MR) is 106 cm³/mol. The normalized spacial score (nSPS) is 10.9. The highest BCUT2D eigenvalue weighted by molar-refractivity contribution is 7.09. The van der Waals surface area contributed by atoms with Gasteiger partial charge in [-0.05, 0) is 47.4 Å². The Balaban J connectivity index is 1.71. The second kappa shape index (κ2) is 9.00.